The van der Waals surface area contributed by atoms with Gasteiger partial charge in [0.25, 0.3) is 5.91 Å². The second kappa shape index (κ2) is 7.67. The summed E-state index contributed by atoms with van der Waals surface area (Å²) in [4.78, 5) is 12.6. The van der Waals surface area contributed by atoms with Crippen LogP contribution in [0.4, 0.5) is 5.69 Å². The summed E-state index contributed by atoms with van der Waals surface area (Å²) >= 11 is 0. The molecule has 0 fully saturated rings. The third-order valence-electron chi connectivity index (χ3n) is 3.63. The van der Waals surface area contributed by atoms with Gasteiger partial charge in [0.2, 0.25) is 10.0 Å². The molecule has 1 N–H and O–H groups in total. The Morgan fingerprint density at radius 3 is 2.32 bits per heavy atom. The highest BCUT2D eigenvalue weighted by Gasteiger charge is 2.21. The summed E-state index contributed by atoms with van der Waals surface area (Å²) in [6.45, 7) is 4.16. The van der Waals surface area contributed by atoms with Gasteiger partial charge in [-0.3, -0.25) is 4.79 Å². The molecule has 0 radical (unpaired) electrons. The molecule has 2 aromatic rings. The Morgan fingerprint density at radius 1 is 1.12 bits per heavy atom. The molecule has 0 bridgehead atoms. The Bertz CT molecular complexity index is 859. The van der Waals surface area contributed by atoms with Crippen molar-refractivity contribution in [2.45, 2.75) is 18.7 Å². The van der Waals surface area contributed by atoms with Crippen molar-refractivity contribution < 1.29 is 17.9 Å². The summed E-state index contributed by atoms with van der Waals surface area (Å²) in [5, 5.41) is 2.75. The standard InChI is InChI=1S/C18H22N2O4S/c1-5-24-16-10-8-15(9-11-16)19-18(21)14-7-6-13(2)17(12-14)25(22,23)20(3)4/h6-12H,5H2,1-4H3,(H,19,21). The highest BCUT2D eigenvalue weighted by Crippen LogP contribution is 2.21. The summed E-state index contributed by atoms with van der Waals surface area (Å²) < 4.78 is 31.2. The minimum atomic E-state index is -3.61. The van der Waals surface area contributed by atoms with E-state index in [1.54, 1.807) is 43.3 Å². The zero-order valence-electron chi connectivity index (χ0n) is 14.7. The van der Waals surface area contributed by atoms with Gasteiger partial charge in [-0.2, -0.15) is 0 Å². The molecule has 0 atom stereocenters. The normalized spacial score (nSPS) is 11.4. The molecule has 7 heteroatoms. The predicted octanol–water partition coefficient (Wildman–Crippen LogP) is 2.90. The van der Waals surface area contributed by atoms with E-state index in [9.17, 15) is 13.2 Å². The van der Waals surface area contributed by atoms with Crippen molar-refractivity contribution in [2.75, 3.05) is 26.0 Å². The van der Waals surface area contributed by atoms with Crippen LogP contribution >= 0.6 is 0 Å². The minimum absolute atomic E-state index is 0.122. The Hall–Kier alpha value is -2.38. The van der Waals surface area contributed by atoms with Gasteiger partial charge >= 0.3 is 0 Å². The van der Waals surface area contributed by atoms with E-state index in [-0.39, 0.29) is 16.4 Å². The van der Waals surface area contributed by atoms with Crippen LogP contribution < -0.4 is 10.1 Å². The number of anilines is 1. The van der Waals surface area contributed by atoms with Crippen LogP contribution in [0.5, 0.6) is 5.75 Å². The maximum Gasteiger partial charge on any atom is 0.255 e. The van der Waals surface area contributed by atoms with E-state index < -0.39 is 10.0 Å². The molecule has 0 spiro atoms. The molecule has 1 amide bonds. The smallest absolute Gasteiger partial charge is 0.255 e. The Morgan fingerprint density at radius 2 is 1.76 bits per heavy atom. The summed E-state index contributed by atoms with van der Waals surface area (Å²) in [5.74, 6) is 0.342. The van der Waals surface area contributed by atoms with E-state index in [1.165, 1.54) is 20.2 Å². The van der Waals surface area contributed by atoms with Crippen LogP contribution in [0.25, 0.3) is 0 Å². The lowest BCUT2D eigenvalue weighted by Crippen LogP contribution is -2.23. The molecule has 0 saturated heterocycles. The van der Waals surface area contributed by atoms with Crippen LogP contribution in [0.2, 0.25) is 0 Å². The van der Waals surface area contributed by atoms with E-state index in [1.807, 2.05) is 6.92 Å². The van der Waals surface area contributed by atoms with Crippen molar-refractivity contribution in [3.05, 3.63) is 53.6 Å². The first-order valence-electron chi connectivity index (χ1n) is 7.83. The van der Waals surface area contributed by atoms with E-state index in [2.05, 4.69) is 5.32 Å². The first-order chi connectivity index (χ1) is 11.8. The number of amides is 1. The summed E-state index contributed by atoms with van der Waals surface area (Å²) in [6.07, 6.45) is 0. The topological polar surface area (TPSA) is 75.7 Å². The zero-order valence-corrected chi connectivity index (χ0v) is 15.6. The number of carbonyl (C=O) groups excluding carboxylic acids is 1. The van der Waals surface area contributed by atoms with Crippen LogP contribution in [0, 0.1) is 6.92 Å². The van der Waals surface area contributed by atoms with E-state index in [0.29, 0.717) is 17.9 Å². The van der Waals surface area contributed by atoms with E-state index >= 15 is 0 Å². The third kappa shape index (κ3) is 4.37. The lowest BCUT2D eigenvalue weighted by atomic mass is 10.1. The fourth-order valence-electron chi connectivity index (χ4n) is 2.22. The van der Waals surface area contributed by atoms with Gasteiger partial charge in [-0.15, -0.1) is 0 Å². The first kappa shape index (κ1) is 19.0. The largest absolute Gasteiger partial charge is 0.494 e. The van der Waals surface area contributed by atoms with Gasteiger partial charge in [0.05, 0.1) is 11.5 Å². The molecule has 0 aliphatic carbocycles. The van der Waals surface area contributed by atoms with Gasteiger partial charge in [0.1, 0.15) is 5.75 Å². The molecule has 25 heavy (non-hydrogen) atoms. The summed E-state index contributed by atoms with van der Waals surface area (Å²) in [6, 6.07) is 11.6. The number of benzene rings is 2. The number of sulfonamides is 1. The lowest BCUT2D eigenvalue weighted by Gasteiger charge is -2.15. The molecule has 2 rings (SSSR count). The average molecular weight is 362 g/mol. The minimum Gasteiger partial charge on any atom is -0.494 e. The number of aryl methyl sites for hydroxylation is 1. The molecule has 0 heterocycles. The van der Waals surface area contributed by atoms with Crippen molar-refractivity contribution in [2.24, 2.45) is 0 Å². The van der Waals surface area contributed by atoms with Crippen molar-refractivity contribution >= 4 is 21.6 Å². The number of ether oxygens (including phenoxy) is 1. The van der Waals surface area contributed by atoms with Crippen molar-refractivity contribution in [1.29, 1.82) is 0 Å². The number of nitrogens with zero attached hydrogens (tertiary/aromatic N) is 1. The third-order valence-corrected chi connectivity index (χ3v) is 5.59. The Balaban J connectivity index is 2.25. The maximum absolute atomic E-state index is 12.4. The molecule has 0 aliphatic rings. The second-order valence-corrected chi connectivity index (χ2v) is 7.80. The second-order valence-electron chi connectivity index (χ2n) is 5.68. The van der Waals surface area contributed by atoms with Crippen LogP contribution in [0.15, 0.2) is 47.4 Å². The molecular formula is C18H22N2O4S. The van der Waals surface area contributed by atoms with Gasteiger partial charge in [-0.25, -0.2) is 12.7 Å². The number of carbonyl (C=O) groups is 1. The van der Waals surface area contributed by atoms with Crippen LogP contribution in [-0.4, -0.2) is 39.3 Å². The Labute approximate surface area is 148 Å². The van der Waals surface area contributed by atoms with E-state index in [0.717, 1.165) is 10.1 Å². The quantitative estimate of drug-likeness (QED) is 0.857. The molecule has 2 aromatic carbocycles. The molecule has 0 aromatic heterocycles. The number of hydrogen-bond donors (Lipinski definition) is 1. The van der Waals surface area contributed by atoms with Gasteiger partial charge in [-0.1, -0.05) is 6.07 Å². The molecule has 6 nitrogen and oxygen atoms in total. The fourth-order valence-corrected chi connectivity index (χ4v) is 3.36. The number of hydrogen-bond acceptors (Lipinski definition) is 4. The predicted molar refractivity (Wildman–Crippen MR) is 97.6 cm³/mol. The van der Waals surface area contributed by atoms with Gasteiger partial charge in [0, 0.05) is 25.3 Å². The Kier molecular flexibility index (Phi) is 5.81. The van der Waals surface area contributed by atoms with E-state index in [4.69, 9.17) is 4.74 Å². The van der Waals surface area contributed by atoms with Crippen molar-refractivity contribution in [1.82, 2.24) is 4.31 Å². The molecule has 0 saturated carbocycles. The van der Waals surface area contributed by atoms with Crippen molar-refractivity contribution in [3.8, 4) is 5.75 Å². The molecule has 0 aliphatic heterocycles. The molecule has 0 unspecified atom stereocenters. The molecular weight excluding hydrogens is 340 g/mol. The highest BCUT2D eigenvalue weighted by molar-refractivity contribution is 7.89. The average Bonchev–Trinajstić information content (AvgIpc) is 2.57. The number of nitrogens with one attached hydrogen (secondary N) is 1. The summed E-state index contributed by atoms with van der Waals surface area (Å²) in [5.41, 5.74) is 1.47. The lowest BCUT2D eigenvalue weighted by molar-refractivity contribution is 0.102. The SMILES string of the molecule is CCOc1ccc(NC(=O)c2ccc(C)c(S(=O)(=O)N(C)C)c2)cc1. The van der Waals surface area contributed by atoms with Gasteiger partial charge in [-0.05, 0) is 55.8 Å². The maximum atomic E-state index is 12.4. The number of rotatable bonds is 6. The van der Waals surface area contributed by atoms with Gasteiger partial charge in [0.15, 0.2) is 0 Å². The van der Waals surface area contributed by atoms with Gasteiger partial charge < -0.3 is 10.1 Å². The molecule has 134 valence electrons. The zero-order chi connectivity index (χ0) is 18.6. The summed E-state index contributed by atoms with van der Waals surface area (Å²) in [7, 11) is -0.692. The highest BCUT2D eigenvalue weighted by atomic mass is 32.2. The first-order valence-corrected chi connectivity index (χ1v) is 9.27. The van der Waals surface area contributed by atoms with Crippen LogP contribution in [0.3, 0.4) is 0 Å². The van der Waals surface area contributed by atoms with Crippen LogP contribution in [-0.2, 0) is 10.0 Å². The monoisotopic (exact) mass is 362 g/mol. The van der Waals surface area contributed by atoms with Crippen molar-refractivity contribution in [3.63, 3.8) is 0 Å². The fraction of sp³-hybridized carbons (Fsp3) is 0.278. The van der Waals surface area contributed by atoms with Crippen LogP contribution in [0.1, 0.15) is 22.8 Å².